The minimum Gasteiger partial charge on any atom is -0.396 e. The Morgan fingerprint density at radius 3 is 2.20 bits per heavy atom. The lowest BCUT2D eigenvalue weighted by molar-refractivity contribution is 0.159. The summed E-state index contributed by atoms with van der Waals surface area (Å²) >= 11 is 0. The van der Waals surface area contributed by atoms with Crippen molar-refractivity contribution in [2.24, 2.45) is 11.3 Å². The van der Waals surface area contributed by atoms with Gasteiger partial charge in [-0.3, -0.25) is 0 Å². The molecule has 1 rings (SSSR count). The van der Waals surface area contributed by atoms with Gasteiger partial charge in [0.15, 0.2) is 0 Å². The van der Waals surface area contributed by atoms with E-state index in [2.05, 4.69) is 26.1 Å². The Balaban J connectivity index is 2.18. The first-order valence-electron chi connectivity index (χ1n) is 6.38. The number of nitrogens with one attached hydrogen (secondary N) is 1. The number of hydrogen-bond acceptors (Lipinski definition) is 2. The van der Waals surface area contributed by atoms with Crippen LogP contribution in [-0.2, 0) is 0 Å². The molecule has 0 saturated heterocycles. The van der Waals surface area contributed by atoms with Gasteiger partial charge in [0, 0.05) is 12.6 Å². The van der Waals surface area contributed by atoms with E-state index in [0.29, 0.717) is 18.1 Å². The summed E-state index contributed by atoms with van der Waals surface area (Å²) in [6.07, 6.45) is 6.24. The van der Waals surface area contributed by atoms with Crippen LogP contribution in [0, 0.1) is 11.3 Å². The molecule has 1 fully saturated rings. The molecule has 0 aromatic heterocycles. The fraction of sp³-hybridized carbons (Fsp3) is 1.00. The maximum absolute atomic E-state index is 8.70. The average Bonchev–Trinajstić information content (AvgIpc) is 2.18. The van der Waals surface area contributed by atoms with Gasteiger partial charge in [0.25, 0.3) is 0 Å². The standard InChI is InChI=1S/C13H27NO/c1-13(2,3)11-5-7-12(8-6-11)14-9-4-10-15/h11-12,14-15H,4-10H2,1-3H3. The Morgan fingerprint density at radius 1 is 1.13 bits per heavy atom. The van der Waals surface area contributed by atoms with E-state index >= 15 is 0 Å². The van der Waals surface area contributed by atoms with E-state index in [1.807, 2.05) is 0 Å². The normalized spacial score (nSPS) is 28.0. The molecular formula is C13H27NO. The Bertz CT molecular complexity index is 166. The molecule has 1 aliphatic carbocycles. The fourth-order valence-electron chi connectivity index (χ4n) is 2.55. The van der Waals surface area contributed by atoms with Crippen molar-refractivity contribution in [3.8, 4) is 0 Å². The zero-order chi connectivity index (χ0) is 11.3. The lowest BCUT2D eigenvalue weighted by Crippen LogP contribution is -2.36. The molecule has 15 heavy (non-hydrogen) atoms. The zero-order valence-electron chi connectivity index (χ0n) is 10.6. The van der Waals surface area contributed by atoms with Crippen LogP contribution in [0.2, 0.25) is 0 Å². The highest BCUT2D eigenvalue weighted by Gasteiger charge is 2.29. The number of aliphatic hydroxyl groups excluding tert-OH is 1. The Hall–Kier alpha value is -0.0800. The maximum Gasteiger partial charge on any atom is 0.0443 e. The van der Waals surface area contributed by atoms with Gasteiger partial charge in [0.2, 0.25) is 0 Å². The third-order valence-electron chi connectivity index (χ3n) is 3.72. The summed E-state index contributed by atoms with van der Waals surface area (Å²) in [7, 11) is 0. The van der Waals surface area contributed by atoms with Crippen molar-refractivity contribution in [3.63, 3.8) is 0 Å². The van der Waals surface area contributed by atoms with Crippen molar-refractivity contribution < 1.29 is 5.11 Å². The highest BCUT2D eigenvalue weighted by atomic mass is 16.3. The first-order chi connectivity index (χ1) is 7.04. The van der Waals surface area contributed by atoms with Crippen LogP contribution in [0.1, 0.15) is 52.9 Å². The molecule has 0 aromatic carbocycles. The molecule has 0 amide bonds. The molecule has 0 aromatic rings. The number of aliphatic hydroxyl groups is 1. The van der Waals surface area contributed by atoms with Gasteiger partial charge in [-0.2, -0.15) is 0 Å². The van der Waals surface area contributed by atoms with Crippen LogP contribution in [0.4, 0.5) is 0 Å². The molecule has 0 unspecified atom stereocenters. The second kappa shape index (κ2) is 5.86. The first kappa shape index (κ1) is 13.0. The van der Waals surface area contributed by atoms with Crippen molar-refractivity contribution in [2.45, 2.75) is 58.9 Å². The van der Waals surface area contributed by atoms with Crippen molar-refractivity contribution >= 4 is 0 Å². The van der Waals surface area contributed by atoms with Gasteiger partial charge in [0.05, 0.1) is 0 Å². The molecular weight excluding hydrogens is 186 g/mol. The van der Waals surface area contributed by atoms with Crippen molar-refractivity contribution in [1.82, 2.24) is 5.32 Å². The average molecular weight is 213 g/mol. The third kappa shape index (κ3) is 4.52. The Morgan fingerprint density at radius 2 is 1.73 bits per heavy atom. The molecule has 90 valence electrons. The summed E-state index contributed by atoms with van der Waals surface area (Å²) in [5, 5.41) is 12.2. The Kier molecular flexibility index (Phi) is 5.07. The SMILES string of the molecule is CC(C)(C)C1CCC(NCCCO)CC1. The molecule has 1 aliphatic rings. The molecule has 0 bridgehead atoms. The van der Waals surface area contributed by atoms with Gasteiger partial charge in [0.1, 0.15) is 0 Å². The quantitative estimate of drug-likeness (QED) is 0.703. The van der Waals surface area contributed by atoms with Crippen molar-refractivity contribution in [3.05, 3.63) is 0 Å². The molecule has 1 saturated carbocycles. The highest BCUT2D eigenvalue weighted by molar-refractivity contribution is 4.83. The van der Waals surface area contributed by atoms with E-state index in [9.17, 15) is 0 Å². The van der Waals surface area contributed by atoms with E-state index in [4.69, 9.17) is 5.11 Å². The van der Waals surface area contributed by atoms with E-state index < -0.39 is 0 Å². The van der Waals surface area contributed by atoms with Gasteiger partial charge in [-0.15, -0.1) is 0 Å². The minimum atomic E-state index is 0.310. The number of hydrogen-bond donors (Lipinski definition) is 2. The second-order valence-corrected chi connectivity index (χ2v) is 5.95. The lowest BCUT2D eigenvalue weighted by Gasteiger charge is -2.37. The molecule has 0 spiro atoms. The summed E-state index contributed by atoms with van der Waals surface area (Å²) in [4.78, 5) is 0. The summed E-state index contributed by atoms with van der Waals surface area (Å²) < 4.78 is 0. The van der Waals surface area contributed by atoms with Gasteiger partial charge in [-0.1, -0.05) is 20.8 Å². The van der Waals surface area contributed by atoms with Crippen molar-refractivity contribution in [1.29, 1.82) is 0 Å². The van der Waals surface area contributed by atoms with Crippen LogP contribution in [0.25, 0.3) is 0 Å². The number of rotatable bonds is 4. The van der Waals surface area contributed by atoms with E-state index in [0.717, 1.165) is 18.9 Å². The summed E-state index contributed by atoms with van der Waals surface area (Å²) in [6.45, 7) is 8.36. The van der Waals surface area contributed by atoms with Crippen LogP contribution < -0.4 is 5.32 Å². The van der Waals surface area contributed by atoms with E-state index in [1.54, 1.807) is 0 Å². The monoisotopic (exact) mass is 213 g/mol. The van der Waals surface area contributed by atoms with Gasteiger partial charge in [-0.25, -0.2) is 0 Å². The van der Waals surface area contributed by atoms with Crippen LogP contribution in [-0.4, -0.2) is 24.3 Å². The van der Waals surface area contributed by atoms with Gasteiger partial charge in [-0.05, 0) is 50.0 Å². The van der Waals surface area contributed by atoms with Gasteiger partial charge >= 0.3 is 0 Å². The fourth-order valence-corrected chi connectivity index (χ4v) is 2.55. The smallest absolute Gasteiger partial charge is 0.0443 e. The van der Waals surface area contributed by atoms with Crippen LogP contribution >= 0.6 is 0 Å². The minimum absolute atomic E-state index is 0.310. The van der Waals surface area contributed by atoms with Gasteiger partial charge < -0.3 is 10.4 Å². The predicted octanol–water partition coefficient (Wildman–Crippen LogP) is 2.56. The zero-order valence-corrected chi connectivity index (χ0v) is 10.6. The molecule has 0 radical (unpaired) electrons. The molecule has 2 N–H and O–H groups in total. The molecule has 2 heteroatoms. The molecule has 2 nitrogen and oxygen atoms in total. The second-order valence-electron chi connectivity index (χ2n) is 5.95. The summed E-state index contributed by atoms with van der Waals surface area (Å²) in [5.41, 5.74) is 0.482. The third-order valence-corrected chi connectivity index (χ3v) is 3.72. The summed E-state index contributed by atoms with van der Waals surface area (Å²) in [6, 6.07) is 0.704. The lowest BCUT2D eigenvalue weighted by atomic mass is 9.71. The summed E-state index contributed by atoms with van der Waals surface area (Å²) in [5.74, 6) is 0.897. The van der Waals surface area contributed by atoms with Crippen LogP contribution in [0.15, 0.2) is 0 Å². The Labute approximate surface area is 94.5 Å². The van der Waals surface area contributed by atoms with Crippen LogP contribution in [0.3, 0.4) is 0 Å². The largest absolute Gasteiger partial charge is 0.396 e. The van der Waals surface area contributed by atoms with Crippen molar-refractivity contribution in [2.75, 3.05) is 13.2 Å². The highest BCUT2D eigenvalue weighted by Crippen LogP contribution is 2.37. The topological polar surface area (TPSA) is 32.3 Å². The predicted molar refractivity (Wildman–Crippen MR) is 64.9 cm³/mol. The molecule has 0 heterocycles. The maximum atomic E-state index is 8.70. The van der Waals surface area contributed by atoms with E-state index in [-0.39, 0.29) is 0 Å². The first-order valence-corrected chi connectivity index (χ1v) is 6.38. The van der Waals surface area contributed by atoms with Crippen LogP contribution in [0.5, 0.6) is 0 Å². The molecule has 0 aliphatic heterocycles. The van der Waals surface area contributed by atoms with E-state index in [1.165, 1.54) is 25.7 Å². The molecule has 0 atom stereocenters.